The number of rotatable bonds is 4. The Kier molecular flexibility index (Phi) is 4.02. The molecule has 0 radical (unpaired) electrons. The Bertz CT molecular complexity index is 123. The quantitative estimate of drug-likeness (QED) is 0.648. The van der Waals surface area contributed by atoms with Gasteiger partial charge in [0.05, 0.1) is 18.3 Å². The summed E-state index contributed by atoms with van der Waals surface area (Å²) in [7, 11) is 0. The van der Waals surface area contributed by atoms with Gasteiger partial charge in [0.2, 0.25) is 0 Å². The first-order valence-corrected chi connectivity index (χ1v) is 5.01. The molecule has 2 heteroatoms. The zero-order valence-corrected chi connectivity index (χ0v) is 8.38. The molecule has 1 saturated carbocycles. The van der Waals surface area contributed by atoms with Crippen molar-refractivity contribution in [1.29, 1.82) is 0 Å². The lowest BCUT2D eigenvalue weighted by Gasteiger charge is -2.22. The molecule has 1 aliphatic rings. The van der Waals surface area contributed by atoms with Gasteiger partial charge < -0.3 is 9.47 Å². The minimum absolute atomic E-state index is 0.330. The van der Waals surface area contributed by atoms with Crippen molar-refractivity contribution in [1.82, 2.24) is 0 Å². The van der Waals surface area contributed by atoms with Crippen LogP contribution in [-0.2, 0) is 9.47 Å². The summed E-state index contributed by atoms with van der Waals surface area (Å²) < 4.78 is 11.3. The van der Waals surface area contributed by atoms with Crippen LogP contribution in [0.15, 0.2) is 0 Å². The van der Waals surface area contributed by atoms with Crippen molar-refractivity contribution in [2.24, 2.45) is 0 Å². The third-order valence-electron chi connectivity index (χ3n) is 2.22. The van der Waals surface area contributed by atoms with Gasteiger partial charge in [0.15, 0.2) is 0 Å². The van der Waals surface area contributed by atoms with Crippen LogP contribution in [0.2, 0.25) is 0 Å². The topological polar surface area (TPSA) is 18.5 Å². The van der Waals surface area contributed by atoms with E-state index in [1.165, 1.54) is 19.3 Å². The fraction of sp³-hybridized carbons (Fsp3) is 1.00. The van der Waals surface area contributed by atoms with Crippen LogP contribution in [0.3, 0.4) is 0 Å². The van der Waals surface area contributed by atoms with Crippen LogP contribution in [0, 0.1) is 0 Å². The number of hydrogen-bond donors (Lipinski definition) is 0. The van der Waals surface area contributed by atoms with Gasteiger partial charge in [0, 0.05) is 6.61 Å². The van der Waals surface area contributed by atoms with Crippen LogP contribution in [0.4, 0.5) is 0 Å². The Labute approximate surface area is 75.2 Å². The summed E-state index contributed by atoms with van der Waals surface area (Å²) in [6.07, 6.45) is 4.63. The Morgan fingerprint density at radius 1 is 1.25 bits per heavy atom. The van der Waals surface area contributed by atoms with Gasteiger partial charge in [-0.1, -0.05) is 0 Å². The molecule has 1 rings (SSSR count). The average Bonchev–Trinajstić information content (AvgIpc) is 2.37. The molecule has 0 amide bonds. The lowest BCUT2D eigenvalue weighted by Crippen LogP contribution is -2.28. The maximum absolute atomic E-state index is 5.75. The highest BCUT2D eigenvalue weighted by atomic mass is 16.5. The van der Waals surface area contributed by atoms with Crippen molar-refractivity contribution >= 4 is 0 Å². The van der Waals surface area contributed by atoms with Crippen LogP contribution in [0.1, 0.15) is 40.0 Å². The van der Waals surface area contributed by atoms with E-state index in [-0.39, 0.29) is 0 Å². The van der Waals surface area contributed by atoms with Gasteiger partial charge in [-0.25, -0.2) is 0 Å². The van der Waals surface area contributed by atoms with E-state index in [9.17, 15) is 0 Å². The molecule has 0 spiro atoms. The molecule has 0 aromatic rings. The first-order chi connectivity index (χ1) is 5.74. The highest BCUT2D eigenvalue weighted by Crippen LogP contribution is 2.25. The van der Waals surface area contributed by atoms with Gasteiger partial charge in [-0.2, -0.15) is 0 Å². The predicted molar refractivity (Wildman–Crippen MR) is 49.3 cm³/mol. The normalized spacial score (nSPS) is 30.0. The maximum Gasteiger partial charge on any atom is 0.0840 e. The van der Waals surface area contributed by atoms with Gasteiger partial charge >= 0.3 is 0 Å². The second kappa shape index (κ2) is 4.83. The Morgan fingerprint density at radius 3 is 2.50 bits per heavy atom. The summed E-state index contributed by atoms with van der Waals surface area (Å²) >= 11 is 0. The SMILES string of the molecule is CCO[C@@H]1CCC[C@H]1OC(C)C. The molecule has 0 bridgehead atoms. The van der Waals surface area contributed by atoms with Gasteiger partial charge in [-0.15, -0.1) is 0 Å². The molecule has 1 fully saturated rings. The molecular formula is C10H20O2. The maximum atomic E-state index is 5.75. The van der Waals surface area contributed by atoms with E-state index in [0.717, 1.165) is 6.61 Å². The molecule has 2 nitrogen and oxygen atoms in total. The molecule has 1 aliphatic carbocycles. The fourth-order valence-corrected chi connectivity index (χ4v) is 1.80. The molecule has 0 heterocycles. The summed E-state index contributed by atoms with van der Waals surface area (Å²) in [5.41, 5.74) is 0. The summed E-state index contributed by atoms with van der Waals surface area (Å²) in [4.78, 5) is 0. The second-order valence-corrected chi connectivity index (χ2v) is 3.65. The van der Waals surface area contributed by atoms with Crippen LogP contribution in [0.25, 0.3) is 0 Å². The van der Waals surface area contributed by atoms with Gasteiger partial charge in [-0.05, 0) is 40.0 Å². The summed E-state index contributed by atoms with van der Waals surface area (Å²) in [6.45, 7) is 7.02. The Morgan fingerprint density at radius 2 is 1.92 bits per heavy atom. The van der Waals surface area contributed by atoms with Crippen molar-refractivity contribution in [2.45, 2.75) is 58.3 Å². The average molecular weight is 172 g/mol. The van der Waals surface area contributed by atoms with Crippen molar-refractivity contribution in [3.63, 3.8) is 0 Å². The molecular weight excluding hydrogens is 152 g/mol. The molecule has 0 N–H and O–H groups in total. The van der Waals surface area contributed by atoms with E-state index >= 15 is 0 Å². The summed E-state index contributed by atoms with van der Waals surface area (Å²) in [6, 6.07) is 0. The first-order valence-electron chi connectivity index (χ1n) is 5.01. The van der Waals surface area contributed by atoms with Crippen molar-refractivity contribution in [2.75, 3.05) is 6.61 Å². The van der Waals surface area contributed by atoms with E-state index in [1.807, 2.05) is 6.92 Å². The van der Waals surface area contributed by atoms with Crippen LogP contribution in [-0.4, -0.2) is 24.9 Å². The Balaban J connectivity index is 2.30. The van der Waals surface area contributed by atoms with E-state index in [4.69, 9.17) is 9.47 Å². The fourth-order valence-electron chi connectivity index (χ4n) is 1.80. The Hall–Kier alpha value is -0.0800. The zero-order chi connectivity index (χ0) is 8.97. The predicted octanol–water partition coefficient (Wildman–Crippen LogP) is 2.37. The van der Waals surface area contributed by atoms with Crippen molar-refractivity contribution < 1.29 is 9.47 Å². The van der Waals surface area contributed by atoms with E-state index in [2.05, 4.69) is 13.8 Å². The monoisotopic (exact) mass is 172 g/mol. The van der Waals surface area contributed by atoms with E-state index in [0.29, 0.717) is 18.3 Å². The van der Waals surface area contributed by atoms with Crippen LogP contribution < -0.4 is 0 Å². The van der Waals surface area contributed by atoms with Gasteiger partial charge in [-0.3, -0.25) is 0 Å². The minimum atomic E-state index is 0.330. The lowest BCUT2D eigenvalue weighted by molar-refractivity contribution is -0.0744. The van der Waals surface area contributed by atoms with Gasteiger partial charge in [0.25, 0.3) is 0 Å². The van der Waals surface area contributed by atoms with Crippen LogP contribution in [0.5, 0.6) is 0 Å². The first kappa shape index (κ1) is 10.0. The summed E-state index contributed by atoms with van der Waals surface area (Å²) in [5.74, 6) is 0. The second-order valence-electron chi connectivity index (χ2n) is 3.65. The molecule has 72 valence electrons. The van der Waals surface area contributed by atoms with Crippen molar-refractivity contribution in [3.8, 4) is 0 Å². The minimum Gasteiger partial charge on any atom is -0.376 e. The molecule has 0 unspecified atom stereocenters. The largest absolute Gasteiger partial charge is 0.376 e. The van der Waals surface area contributed by atoms with E-state index in [1.54, 1.807) is 0 Å². The molecule has 0 aromatic heterocycles. The van der Waals surface area contributed by atoms with Crippen molar-refractivity contribution in [3.05, 3.63) is 0 Å². The third kappa shape index (κ3) is 2.76. The standard InChI is InChI=1S/C10H20O2/c1-4-11-9-6-5-7-10(9)12-8(2)3/h8-10H,4-7H2,1-3H3/t9-,10-/m1/s1. The highest BCUT2D eigenvalue weighted by molar-refractivity contribution is 4.79. The lowest BCUT2D eigenvalue weighted by atomic mass is 10.2. The van der Waals surface area contributed by atoms with Gasteiger partial charge in [0.1, 0.15) is 0 Å². The number of ether oxygens (including phenoxy) is 2. The summed E-state index contributed by atoms with van der Waals surface area (Å²) in [5, 5.41) is 0. The molecule has 0 saturated heterocycles. The molecule has 0 aromatic carbocycles. The smallest absolute Gasteiger partial charge is 0.0840 e. The molecule has 12 heavy (non-hydrogen) atoms. The van der Waals surface area contributed by atoms with E-state index < -0.39 is 0 Å². The molecule has 0 aliphatic heterocycles. The third-order valence-corrected chi connectivity index (χ3v) is 2.22. The van der Waals surface area contributed by atoms with Crippen LogP contribution >= 0.6 is 0 Å². The number of hydrogen-bond acceptors (Lipinski definition) is 2. The highest BCUT2D eigenvalue weighted by Gasteiger charge is 2.28. The zero-order valence-electron chi connectivity index (χ0n) is 8.38. The molecule has 2 atom stereocenters.